The Morgan fingerprint density at radius 2 is 2.11 bits per heavy atom. The third-order valence-electron chi connectivity index (χ3n) is 3.47. The number of hydrogen-bond acceptors (Lipinski definition) is 2. The predicted molar refractivity (Wildman–Crippen MR) is 68.1 cm³/mol. The molecule has 0 amide bonds. The lowest BCUT2D eigenvalue weighted by Gasteiger charge is -2.18. The molecule has 1 fully saturated rings. The Morgan fingerprint density at radius 3 is 2.78 bits per heavy atom. The van der Waals surface area contributed by atoms with Crippen molar-refractivity contribution in [2.75, 3.05) is 13.1 Å². The van der Waals surface area contributed by atoms with Crippen molar-refractivity contribution in [2.24, 2.45) is 11.7 Å². The molecule has 0 heterocycles. The van der Waals surface area contributed by atoms with E-state index in [0.717, 1.165) is 24.9 Å². The molecule has 1 aliphatic carbocycles. The SMILES string of the molecule is NCC(NCCCC1CC1)c1cccc(F)c1F. The Labute approximate surface area is 107 Å². The zero-order chi connectivity index (χ0) is 13.0. The van der Waals surface area contributed by atoms with E-state index in [9.17, 15) is 8.78 Å². The Hall–Kier alpha value is -1.00. The molecular weight excluding hydrogens is 234 g/mol. The summed E-state index contributed by atoms with van der Waals surface area (Å²) in [4.78, 5) is 0. The molecule has 2 nitrogen and oxygen atoms in total. The van der Waals surface area contributed by atoms with Gasteiger partial charge in [-0.15, -0.1) is 0 Å². The number of benzene rings is 1. The van der Waals surface area contributed by atoms with Crippen molar-refractivity contribution >= 4 is 0 Å². The minimum absolute atomic E-state index is 0.268. The number of rotatable bonds is 7. The third kappa shape index (κ3) is 3.50. The van der Waals surface area contributed by atoms with E-state index in [-0.39, 0.29) is 12.6 Å². The molecular formula is C14H20F2N2. The largest absolute Gasteiger partial charge is 0.329 e. The van der Waals surface area contributed by atoms with E-state index in [1.54, 1.807) is 6.07 Å². The van der Waals surface area contributed by atoms with E-state index in [0.29, 0.717) is 5.56 Å². The molecule has 1 atom stereocenters. The van der Waals surface area contributed by atoms with Crippen LogP contribution in [0.25, 0.3) is 0 Å². The highest BCUT2D eigenvalue weighted by atomic mass is 19.2. The van der Waals surface area contributed by atoms with Gasteiger partial charge < -0.3 is 11.1 Å². The first-order valence-electron chi connectivity index (χ1n) is 6.59. The maximum absolute atomic E-state index is 13.6. The molecule has 18 heavy (non-hydrogen) atoms. The molecule has 1 unspecified atom stereocenters. The number of hydrogen-bond donors (Lipinski definition) is 2. The topological polar surface area (TPSA) is 38.0 Å². The first kappa shape index (κ1) is 13.4. The van der Waals surface area contributed by atoms with Crippen molar-refractivity contribution in [2.45, 2.75) is 31.7 Å². The van der Waals surface area contributed by atoms with Crippen LogP contribution in [-0.4, -0.2) is 13.1 Å². The van der Waals surface area contributed by atoms with E-state index < -0.39 is 11.6 Å². The Bertz CT molecular complexity index is 391. The van der Waals surface area contributed by atoms with Crippen LogP contribution in [0.4, 0.5) is 8.78 Å². The predicted octanol–water partition coefficient (Wildman–Crippen LogP) is 2.74. The molecule has 0 saturated heterocycles. The summed E-state index contributed by atoms with van der Waals surface area (Å²) in [5, 5.41) is 3.21. The number of halogens is 2. The van der Waals surface area contributed by atoms with Crippen LogP contribution in [0.15, 0.2) is 18.2 Å². The van der Waals surface area contributed by atoms with Crippen LogP contribution in [0.3, 0.4) is 0 Å². The van der Waals surface area contributed by atoms with Gasteiger partial charge in [0.2, 0.25) is 0 Å². The van der Waals surface area contributed by atoms with E-state index in [4.69, 9.17) is 5.73 Å². The smallest absolute Gasteiger partial charge is 0.163 e. The van der Waals surface area contributed by atoms with Gasteiger partial charge in [-0.3, -0.25) is 0 Å². The lowest BCUT2D eigenvalue weighted by Crippen LogP contribution is -2.30. The quantitative estimate of drug-likeness (QED) is 0.734. The molecule has 0 aliphatic heterocycles. The molecule has 0 aromatic heterocycles. The fourth-order valence-electron chi connectivity index (χ4n) is 2.18. The van der Waals surface area contributed by atoms with Crippen LogP contribution in [0.1, 0.15) is 37.3 Å². The maximum atomic E-state index is 13.6. The standard InChI is InChI=1S/C14H20F2N2/c15-12-5-1-4-11(14(12)16)13(9-17)18-8-2-3-10-6-7-10/h1,4-5,10,13,18H,2-3,6-9,17H2. The zero-order valence-electron chi connectivity index (χ0n) is 10.5. The molecule has 0 bridgehead atoms. The molecule has 1 saturated carbocycles. The lowest BCUT2D eigenvalue weighted by atomic mass is 10.1. The van der Waals surface area contributed by atoms with Crippen LogP contribution in [0, 0.1) is 17.6 Å². The Morgan fingerprint density at radius 1 is 1.33 bits per heavy atom. The van der Waals surface area contributed by atoms with Crippen molar-refractivity contribution in [3.8, 4) is 0 Å². The van der Waals surface area contributed by atoms with Gasteiger partial charge in [0.1, 0.15) is 0 Å². The monoisotopic (exact) mass is 254 g/mol. The summed E-state index contributed by atoms with van der Waals surface area (Å²) in [6.45, 7) is 1.07. The molecule has 3 N–H and O–H groups in total. The van der Waals surface area contributed by atoms with Crippen molar-refractivity contribution in [3.05, 3.63) is 35.4 Å². The molecule has 0 spiro atoms. The summed E-state index contributed by atoms with van der Waals surface area (Å²) in [6.07, 6.45) is 4.98. The van der Waals surface area contributed by atoms with Gasteiger partial charge in [0.05, 0.1) is 0 Å². The Kier molecular flexibility index (Phi) is 4.66. The highest BCUT2D eigenvalue weighted by Gasteiger charge is 2.21. The molecule has 0 radical (unpaired) electrons. The number of nitrogens with two attached hydrogens (primary N) is 1. The van der Waals surface area contributed by atoms with Crippen LogP contribution >= 0.6 is 0 Å². The second kappa shape index (κ2) is 6.25. The summed E-state index contributed by atoms with van der Waals surface area (Å²) in [5.41, 5.74) is 5.95. The third-order valence-corrected chi connectivity index (χ3v) is 3.47. The van der Waals surface area contributed by atoms with Gasteiger partial charge in [0, 0.05) is 18.2 Å². The van der Waals surface area contributed by atoms with E-state index >= 15 is 0 Å². The highest BCUT2D eigenvalue weighted by Crippen LogP contribution is 2.33. The van der Waals surface area contributed by atoms with Crippen LogP contribution in [0.5, 0.6) is 0 Å². The number of nitrogens with one attached hydrogen (secondary N) is 1. The van der Waals surface area contributed by atoms with Crippen molar-refractivity contribution in [3.63, 3.8) is 0 Å². The molecule has 1 aromatic carbocycles. The summed E-state index contributed by atoms with van der Waals surface area (Å²) < 4.78 is 26.8. The first-order valence-corrected chi connectivity index (χ1v) is 6.59. The zero-order valence-corrected chi connectivity index (χ0v) is 10.5. The summed E-state index contributed by atoms with van der Waals surface area (Å²) in [5.74, 6) is -0.706. The second-order valence-electron chi connectivity index (χ2n) is 4.97. The Balaban J connectivity index is 1.87. The molecule has 1 aliphatic rings. The normalized spacial score (nSPS) is 16.8. The van der Waals surface area contributed by atoms with Crippen molar-refractivity contribution < 1.29 is 8.78 Å². The summed E-state index contributed by atoms with van der Waals surface area (Å²) in [7, 11) is 0. The summed E-state index contributed by atoms with van der Waals surface area (Å²) in [6, 6.07) is 3.92. The van der Waals surface area contributed by atoms with Gasteiger partial charge in [0.15, 0.2) is 11.6 Å². The minimum Gasteiger partial charge on any atom is -0.329 e. The van der Waals surface area contributed by atoms with Gasteiger partial charge >= 0.3 is 0 Å². The minimum atomic E-state index is -0.814. The van der Waals surface area contributed by atoms with E-state index in [2.05, 4.69) is 5.32 Å². The fraction of sp³-hybridized carbons (Fsp3) is 0.571. The van der Waals surface area contributed by atoms with Gasteiger partial charge in [-0.25, -0.2) is 8.78 Å². The van der Waals surface area contributed by atoms with Gasteiger partial charge in [-0.05, 0) is 31.4 Å². The van der Waals surface area contributed by atoms with E-state index in [1.807, 2.05) is 0 Å². The lowest BCUT2D eigenvalue weighted by molar-refractivity contribution is 0.457. The molecule has 100 valence electrons. The second-order valence-corrected chi connectivity index (χ2v) is 4.97. The van der Waals surface area contributed by atoms with E-state index in [1.165, 1.54) is 25.3 Å². The summed E-state index contributed by atoms with van der Waals surface area (Å²) >= 11 is 0. The van der Waals surface area contributed by atoms with Crippen molar-refractivity contribution in [1.29, 1.82) is 0 Å². The maximum Gasteiger partial charge on any atom is 0.163 e. The van der Waals surface area contributed by atoms with Crippen LogP contribution in [0.2, 0.25) is 0 Å². The highest BCUT2D eigenvalue weighted by molar-refractivity contribution is 5.22. The van der Waals surface area contributed by atoms with Gasteiger partial charge in [0.25, 0.3) is 0 Å². The van der Waals surface area contributed by atoms with Crippen LogP contribution < -0.4 is 11.1 Å². The molecule has 1 aromatic rings. The van der Waals surface area contributed by atoms with Gasteiger partial charge in [-0.1, -0.05) is 25.0 Å². The van der Waals surface area contributed by atoms with Crippen molar-refractivity contribution in [1.82, 2.24) is 5.32 Å². The average Bonchev–Trinajstić information content (AvgIpc) is 3.18. The molecule has 4 heteroatoms. The average molecular weight is 254 g/mol. The fourth-order valence-corrected chi connectivity index (χ4v) is 2.18. The molecule has 2 rings (SSSR count). The van der Waals surface area contributed by atoms with Gasteiger partial charge in [-0.2, -0.15) is 0 Å². The first-order chi connectivity index (χ1) is 8.72. The van der Waals surface area contributed by atoms with Crippen LogP contribution in [-0.2, 0) is 0 Å².